The van der Waals surface area contributed by atoms with Gasteiger partial charge >= 0.3 is 0 Å². The zero-order valence-corrected chi connectivity index (χ0v) is 9.38. The first-order valence-electron chi connectivity index (χ1n) is 5.84. The van der Waals surface area contributed by atoms with Gasteiger partial charge in [0.1, 0.15) is 5.54 Å². The maximum absolute atomic E-state index is 12.5. The fraction of sp³-hybridized carbons (Fsp3) is 0.538. The van der Waals surface area contributed by atoms with Crippen LogP contribution in [0.3, 0.4) is 0 Å². The molecule has 2 unspecified atom stereocenters. The lowest BCUT2D eigenvalue weighted by molar-refractivity contribution is -0.131. The van der Waals surface area contributed by atoms with Crippen molar-refractivity contribution in [2.75, 3.05) is 6.54 Å². The summed E-state index contributed by atoms with van der Waals surface area (Å²) in [5.74, 6) is 0.0616. The molecule has 1 aliphatic heterocycles. The van der Waals surface area contributed by atoms with Gasteiger partial charge in [0.2, 0.25) is 0 Å². The van der Waals surface area contributed by atoms with E-state index in [1.165, 1.54) is 0 Å². The van der Waals surface area contributed by atoms with Gasteiger partial charge in [-0.15, -0.1) is 0 Å². The van der Waals surface area contributed by atoms with Gasteiger partial charge in [0.05, 0.1) is 5.41 Å². The lowest BCUT2D eigenvalue weighted by Gasteiger charge is -2.24. The Bertz CT molecular complexity index is 441. The standard InChI is InChI=1S/C13H15NO2/c1-12-6-3-2-5-9(12)10(15)13(11(12)16)7-4-8-14-13/h3,5-6,14H,2,4,7-8H2,1H3. The smallest absolute Gasteiger partial charge is 0.187 e. The summed E-state index contributed by atoms with van der Waals surface area (Å²) in [6.45, 7) is 2.63. The number of hydrogen-bond acceptors (Lipinski definition) is 3. The van der Waals surface area contributed by atoms with Crippen LogP contribution in [-0.4, -0.2) is 23.7 Å². The van der Waals surface area contributed by atoms with Gasteiger partial charge in [-0.2, -0.15) is 0 Å². The van der Waals surface area contributed by atoms with Crippen LogP contribution in [0.2, 0.25) is 0 Å². The Hall–Kier alpha value is -1.22. The number of rotatable bonds is 0. The maximum Gasteiger partial charge on any atom is 0.187 e. The van der Waals surface area contributed by atoms with Gasteiger partial charge in [-0.3, -0.25) is 14.9 Å². The quantitative estimate of drug-likeness (QED) is 0.489. The zero-order chi connectivity index (χ0) is 11.4. The molecular weight excluding hydrogens is 202 g/mol. The average molecular weight is 217 g/mol. The van der Waals surface area contributed by atoms with Crippen LogP contribution in [0.4, 0.5) is 0 Å². The van der Waals surface area contributed by atoms with Gasteiger partial charge < -0.3 is 0 Å². The summed E-state index contributed by atoms with van der Waals surface area (Å²) in [6.07, 6.45) is 8.12. The third kappa shape index (κ3) is 0.925. The van der Waals surface area contributed by atoms with Gasteiger partial charge in [0.25, 0.3) is 0 Å². The molecule has 1 spiro atoms. The van der Waals surface area contributed by atoms with Crippen LogP contribution in [0.5, 0.6) is 0 Å². The molecule has 16 heavy (non-hydrogen) atoms. The van der Waals surface area contributed by atoms with E-state index < -0.39 is 11.0 Å². The van der Waals surface area contributed by atoms with Crippen LogP contribution in [-0.2, 0) is 9.59 Å². The highest BCUT2D eigenvalue weighted by molar-refractivity contribution is 6.30. The number of nitrogens with one attached hydrogen (secondary N) is 1. The molecule has 3 heteroatoms. The molecular formula is C13H15NO2. The summed E-state index contributed by atoms with van der Waals surface area (Å²) in [5, 5.41) is 3.14. The van der Waals surface area contributed by atoms with E-state index in [1.807, 2.05) is 25.2 Å². The van der Waals surface area contributed by atoms with E-state index >= 15 is 0 Å². The molecule has 3 rings (SSSR count). The van der Waals surface area contributed by atoms with Crippen molar-refractivity contribution in [1.82, 2.24) is 5.32 Å². The van der Waals surface area contributed by atoms with Gasteiger partial charge in [-0.05, 0) is 32.7 Å². The molecule has 3 nitrogen and oxygen atoms in total. The number of allylic oxidation sites excluding steroid dienone is 3. The van der Waals surface area contributed by atoms with Gasteiger partial charge in [0.15, 0.2) is 11.6 Å². The minimum absolute atomic E-state index is 0.0156. The SMILES string of the molecule is CC12C=CCC=C1C(=O)C1(CCCN1)C2=O. The maximum atomic E-state index is 12.5. The molecule has 1 heterocycles. The van der Waals surface area contributed by atoms with Crippen molar-refractivity contribution in [3.05, 3.63) is 23.8 Å². The van der Waals surface area contributed by atoms with Crippen LogP contribution >= 0.6 is 0 Å². The molecule has 2 aliphatic carbocycles. The van der Waals surface area contributed by atoms with E-state index in [2.05, 4.69) is 5.32 Å². The highest BCUT2D eigenvalue weighted by Crippen LogP contribution is 2.48. The number of ketones is 2. The average Bonchev–Trinajstić information content (AvgIpc) is 2.82. The second-order valence-electron chi connectivity index (χ2n) is 5.05. The minimum Gasteiger partial charge on any atom is -0.298 e. The van der Waals surface area contributed by atoms with E-state index in [9.17, 15) is 9.59 Å². The van der Waals surface area contributed by atoms with E-state index in [1.54, 1.807) is 0 Å². The number of hydrogen-bond donors (Lipinski definition) is 1. The molecule has 2 atom stereocenters. The molecule has 0 radical (unpaired) electrons. The van der Waals surface area contributed by atoms with Crippen LogP contribution in [0.15, 0.2) is 23.8 Å². The summed E-state index contributed by atoms with van der Waals surface area (Å²) in [5.41, 5.74) is -0.864. The van der Waals surface area contributed by atoms with Crippen molar-refractivity contribution in [3.8, 4) is 0 Å². The fourth-order valence-corrected chi connectivity index (χ4v) is 3.23. The topological polar surface area (TPSA) is 46.2 Å². The second-order valence-corrected chi connectivity index (χ2v) is 5.05. The summed E-state index contributed by atoms with van der Waals surface area (Å²) in [6, 6.07) is 0. The number of carbonyl (C=O) groups is 2. The highest BCUT2D eigenvalue weighted by atomic mass is 16.2. The molecule has 0 aromatic rings. The summed E-state index contributed by atoms with van der Waals surface area (Å²) in [4.78, 5) is 24.9. The number of Topliss-reactive ketones (excluding diaryl/α,β-unsaturated/α-hetero) is 2. The second kappa shape index (κ2) is 2.92. The van der Waals surface area contributed by atoms with Crippen LogP contribution in [0.1, 0.15) is 26.2 Å². The largest absolute Gasteiger partial charge is 0.298 e. The Kier molecular flexibility index (Phi) is 1.82. The Labute approximate surface area is 94.6 Å². The highest BCUT2D eigenvalue weighted by Gasteiger charge is 2.63. The van der Waals surface area contributed by atoms with Crippen LogP contribution in [0.25, 0.3) is 0 Å². The summed E-state index contributed by atoms with van der Waals surface area (Å²) in [7, 11) is 0. The Balaban J connectivity index is 2.17. The Morgan fingerprint density at radius 1 is 1.38 bits per heavy atom. The molecule has 0 aromatic heterocycles. The molecule has 84 valence electrons. The molecule has 0 bridgehead atoms. The number of fused-ring (bicyclic) bond motifs is 1. The van der Waals surface area contributed by atoms with E-state index in [4.69, 9.17) is 0 Å². The molecule has 1 saturated carbocycles. The first-order valence-corrected chi connectivity index (χ1v) is 5.84. The van der Waals surface area contributed by atoms with E-state index in [0.717, 1.165) is 19.4 Å². The van der Waals surface area contributed by atoms with Gasteiger partial charge in [-0.25, -0.2) is 0 Å². The van der Waals surface area contributed by atoms with Crippen molar-refractivity contribution in [3.63, 3.8) is 0 Å². The van der Waals surface area contributed by atoms with Gasteiger partial charge in [-0.1, -0.05) is 18.2 Å². The predicted molar refractivity (Wildman–Crippen MR) is 59.9 cm³/mol. The van der Waals surface area contributed by atoms with E-state index in [0.29, 0.717) is 12.0 Å². The zero-order valence-electron chi connectivity index (χ0n) is 9.38. The van der Waals surface area contributed by atoms with Crippen molar-refractivity contribution >= 4 is 11.6 Å². The van der Waals surface area contributed by atoms with Crippen LogP contribution < -0.4 is 5.32 Å². The molecule has 2 fully saturated rings. The Morgan fingerprint density at radius 2 is 2.19 bits per heavy atom. The molecule has 0 aromatic carbocycles. The van der Waals surface area contributed by atoms with Crippen molar-refractivity contribution in [2.24, 2.45) is 5.41 Å². The molecule has 0 amide bonds. The molecule has 1 saturated heterocycles. The fourth-order valence-electron chi connectivity index (χ4n) is 3.23. The van der Waals surface area contributed by atoms with Crippen molar-refractivity contribution in [1.29, 1.82) is 0 Å². The summed E-state index contributed by atoms with van der Waals surface area (Å²) < 4.78 is 0. The monoisotopic (exact) mass is 217 g/mol. The number of carbonyl (C=O) groups excluding carboxylic acids is 2. The van der Waals surface area contributed by atoms with E-state index in [-0.39, 0.29) is 11.6 Å². The molecule has 1 N–H and O–H groups in total. The third-order valence-electron chi connectivity index (χ3n) is 4.12. The predicted octanol–water partition coefficient (Wildman–Crippen LogP) is 1.15. The lowest BCUT2D eigenvalue weighted by atomic mass is 9.79. The minimum atomic E-state index is -0.894. The van der Waals surface area contributed by atoms with Crippen molar-refractivity contribution in [2.45, 2.75) is 31.7 Å². The Morgan fingerprint density at radius 3 is 2.81 bits per heavy atom. The van der Waals surface area contributed by atoms with Gasteiger partial charge in [0, 0.05) is 5.57 Å². The lowest BCUT2D eigenvalue weighted by Crippen LogP contribution is -2.51. The van der Waals surface area contributed by atoms with Crippen molar-refractivity contribution < 1.29 is 9.59 Å². The third-order valence-corrected chi connectivity index (χ3v) is 4.12. The molecule has 3 aliphatic rings. The first kappa shape index (κ1) is 9.97. The first-order chi connectivity index (χ1) is 7.61. The normalized spacial score (nSPS) is 41.7. The summed E-state index contributed by atoms with van der Waals surface area (Å²) >= 11 is 0. The van der Waals surface area contributed by atoms with Crippen LogP contribution in [0, 0.1) is 5.41 Å².